The van der Waals surface area contributed by atoms with Gasteiger partial charge in [-0.1, -0.05) is 127 Å². The fourth-order valence-corrected chi connectivity index (χ4v) is 9.79. The molecule has 0 fully saturated rings. The van der Waals surface area contributed by atoms with Gasteiger partial charge in [-0.2, -0.15) is 0 Å². The summed E-state index contributed by atoms with van der Waals surface area (Å²) in [6.45, 7) is 0. The normalized spacial score (nSPS) is 13.6. The fourth-order valence-electron chi connectivity index (χ4n) is 9.79. The number of hydrogen-bond donors (Lipinski definition) is 0. The first-order valence-corrected chi connectivity index (χ1v) is 17.8. The Kier molecular flexibility index (Phi) is 5.20. The van der Waals surface area contributed by atoms with Gasteiger partial charge in [-0.3, -0.25) is 0 Å². The van der Waals surface area contributed by atoms with E-state index in [-0.39, 0.29) is 5.41 Å². The molecule has 2 aliphatic rings. The predicted octanol–water partition coefficient (Wildman–Crippen LogP) is 12.2. The molecule has 2 nitrogen and oxygen atoms in total. The van der Waals surface area contributed by atoms with E-state index < -0.39 is 0 Å². The molecule has 1 spiro atoms. The van der Waals surface area contributed by atoms with Gasteiger partial charge in [-0.25, -0.2) is 0 Å². The van der Waals surface area contributed by atoms with Crippen LogP contribution in [-0.4, -0.2) is 9.13 Å². The van der Waals surface area contributed by atoms with Crippen LogP contribution in [0.25, 0.3) is 77.2 Å². The summed E-state index contributed by atoms with van der Waals surface area (Å²) in [5, 5.41) is 5.06. The van der Waals surface area contributed by atoms with E-state index in [1.807, 2.05) is 0 Å². The summed E-state index contributed by atoms with van der Waals surface area (Å²) < 4.78 is 4.89. The van der Waals surface area contributed by atoms with Gasteiger partial charge in [-0.05, 0) is 99.1 Å². The zero-order chi connectivity index (χ0) is 33.3. The van der Waals surface area contributed by atoms with E-state index in [1.54, 1.807) is 0 Å². The van der Waals surface area contributed by atoms with Crippen LogP contribution < -0.4 is 0 Å². The molecular formula is C49H30N2. The van der Waals surface area contributed by atoms with E-state index in [1.165, 1.54) is 99.5 Å². The molecule has 0 saturated heterocycles. The number of hydrogen-bond acceptors (Lipinski definition) is 0. The van der Waals surface area contributed by atoms with E-state index in [4.69, 9.17) is 0 Å². The predicted molar refractivity (Wildman–Crippen MR) is 211 cm³/mol. The summed E-state index contributed by atoms with van der Waals surface area (Å²) in [6.07, 6.45) is 0. The van der Waals surface area contributed by atoms with E-state index >= 15 is 0 Å². The molecule has 0 radical (unpaired) electrons. The Morgan fingerprint density at radius 3 is 1.37 bits per heavy atom. The second-order valence-electron chi connectivity index (χ2n) is 14.0. The highest BCUT2D eigenvalue weighted by Crippen LogP contribution is 2.63. The lowest BCUT2D eigenvalue weighted by Crippen LogP contribution is -2.25. The van der Waals surface area contributed by atoms with Gasteiger partial charge in [-0.15, -0.1) is 0 Å². The van der Waals surface area contributed by atoms with E-state index in [9.17, 15) is 0 Å². The van der Waals surface area contributed by atoms with Gasteiger partial charge in [0.2, 0.25) is 0 Å². The zero-order valence-electron chi connectivity index (χ0n) is 27.7. The molecule has 0 bridgehead atoms. The molecular weight excluding hydrogens is 617 g/mol. The average Bonchev–Trinajstić information content (AvgIpc) is 3.89. The molecule has 0 unspecified atom stereocenters. The van der Waals surface area contributed by atoms with Gasteiger partial charge in [0.25, 0.3) is 0 Å². The largest absolute Gasteiger partial charge is 0.309 e. The van der Waals surface area contributed by atoms with Crippen LogP contribution in [0, 0.1) is 0 Å². The quantitative estimate of drug-likeness (QED) is 0.177. The van der Waals surface area contributed by atoms with Crippen LogP contribution in [0.15, 0.2) is 182 Å². The monoisotopic (exact) mass is 646 g/mol. The first-order chi connectivity index (χ1) is 25.3. The molecule has 0 saturated carbocycles. The molecule has 2 heteroatoms. The number of aromatic nitrogens is 2. The Balaban J connectivity index is 1.20. The smallest absolute Gasteiger partial charge is 0.0726 e. The second-order valence-corrected chi connectivity index (χ2v) is 14.0. The Morgan fingerprint density at radius 2 is 0.745 bits per heavy atom. The Labute approximate surface area is 295 Å². The minimum Gasteiger partial charge on any atom is -0.309 e. The summed E-state index contributed by atoms with van der Waals surface area (Å²) in [4.78, 5) is 0. The maximum Gasteiger partial charge on any atom is 0.0726 e. The first-order valence-electron chi connectivity index (χ1n) is 17.8. The minimum absolute atomic E-state index is 0.387. The van der Waals surface area contributed by atoms with Gasteiger partial charge in [0.1, 0.15) is 0 Å². The first kappa shape index (κ1) is 27.2. The Morgan fingerprint density at radius 1 is 0.275 bits per heavy atom. The van der Waals surface area contributed by atoms with Crippen molar-refractivity contribution in [1.29, 1.82) is 0 Å². The van der Waals surface area contributed by atoms with Crippen LogP contribution in [0.5, 0.6) is 0 Å². The second kappa shape index (κ2) is 9.74. The van der Waals surface area contributed by atoms with Gasteiger partial charge >= 0.3 is 0 Å². The molecule has 10 aromatic rings. The SMILES string of the molecule is c1ccc(-n2c3ccccc3c3cc(-n4c5ccccc5c5cc6c(cc54)C4(c5ccccc5-c5ccccc54)c4ccccc4-6)ccc32)cc1. The molecule has 8 aromatic carbocycles. The summed E-state index contributed by atoms with van der Waals surface area (Å²) in [7, 11) is 0. The number of nitrogens with zero attached hydrogens (tertiary/aromatic N) is 2. The third-order valence-corrected chi connectivity index (χ3v) is 11.7. The fraction of sp³-hybridized carbons (Fsp3) is 0.0204. The molecule has 2 heterocycles. The molecule has 0 atom stereocenters. The summed E-state index contributed by atoms with van der Waals surface area (Å²) in [5.74, 6) is 0. The van der Waals surface area contributed by atoms with E-state index in [2.05, 4.69) is 191 Å². The highest BCUT2D eigenvalue weighted by Gasteiger charge is 2.51. The van der Waals surface area contributed by atoms with Crippen molar-refractivity contribution in [3.05, 3.63) is 204 Å². The summed E-state index contributed by atoms with van der Waals surface area (Å²) in [6, 6.07) is 67.7. The van der Waals surface area contributed by atoms with E-state index in [0.717, 1.165) is 0 Å². The number of rotatable bonds is 2. The van der Waals surface area contributed by atoms with Crippen LogP contribution in [0.3, 0.4) is 0 Å². The molecule has 0 aliphatic heterocycles. The standard InChI is InChI=1S/C49H30N2/c1-2-14-31(15-3-1)50-45-24-12-7-19-36(45)39-28-32(26-27-47(39)50)51-46-25-13-8-20-37(46)40-29-38-35-18-6-11-23-43(35)49(44(38)30-48(40)51)41-21-9-4-16-33(41)34-17-5-10-22-42(34)49/h1-30H. The molecule has 2 aromatic heterocycles. The topological polar surface area (TPSA) is 9.86 Å². The number of benzene rings is 8. The highest BCUT2D eigenvalue weighted by molar-refractivity contribution is 6.14. The van der Waals surface area contributed by atoms with Gasteiger partial charge < -0.3 is 9.13 Å². The molecule has 51 heavy (non-hydrogen) atoms. The van der Waals surface area contributed by atoms with Crippen molar-refractivity contribution < 1.29 is 0 Å². The highest BCUT2D eigenvalue weighted by atomic mass is 15.0. The van der Waals surface area contributed by atoms with Gasteiger partial charge in [0.15, 0.2) is 0 Å². The number of fused-ring (bicyclic) bond motifs is 16. The van der Waals surface area contributed by atoms with E-state index in [0.29, 0.717) is 0 Å². The van der Waals surface area contributed by atoms with Crippen molar-refractivity contribution in [1.82, 2.24) is 9.13 Å². The van der Waals surface area contributed by atoms with Crippen molar-refractivity contribution in [2.75, 3.05) is 0 Å². The minimum atomic E-state index is -0.387. The van der Waals surface area contributed by atoms with Crippen molar-refractivity contribution in [3.8, 4) is 33.6 Å². The van der Waals surface area contributed by atoms with Gasteiger partial charge in [0, 0.05) is 32.9 Å². The third-order valence-electron chi connectivity index (χ3n) is 11.7. The maximum absolute atomic E-state index is 2.53. The van der Waals surface area contributed by atoms with Crippen LogP contribution in [0.1, 0.15) is 22.3 Å². The Bertz CT molecular complexity index is 3040. The lowest BCUT2D eigenvalue weighted by molar-refractivity contribution is 0.794. The van der Waals surface area contributed by atoms with Crippen LogP contribution >= 0.6 is 0 Å². The zero-order valence-corrected chi connectivity index (χ0v) is 27.7. The van der Waals surface area contributed by atoms with Crippen LogP contribution in [-0.2, 0) is 5.41 Å². The van der Waals surface area contributed by atoms with Crippen molar-refractivity contribution in [3.63, 3.8) is 0 Å². The molecule has 0 amide bonds. The molecule has 0 N–H and O–H groups in total. The summed E-state index contributed by atoms with van der Waals surface area (Å²) in [5.41, 5.74) is 17.6. The van der Waals surface area contributed by atoms with Crippen LogP contribution in [0.4, 0.5) is 0 Å². The lowest BCUT2D eigenvalue weighted by Gasteiger charge is -2.30. The third kappa shape index (κ3) is 3.32. The van der Waals surface area contributed by atoms with Gasteiger partial charge in [0.05, 0.1) is 27.5 Å². The van der Waals surface area contributed by atoms with Crippen molar-refractivity contribution in [2.45, 2.75) is 5.41 Å². The maximum atomic E-state index is 2.53. The summed E-state index contributed by atoms with van der Waals surface area (Å²) >= 11 is 0. The molecule has 12 rings (SSSR count). The Hall–Kier alpha value is -6.64. The van der Waals surface area contributed by atoms with Crippen LogP contribution in [0.2, 0.25) is 0 Å². The number of para-hydroxylation sites is 3. The van der Waals surface area contributed by atoms with Crippen molar-refractivity contribution in [2.24, 2.45) is 0 Å². The van der Waals surface area contributed by atoms with Crippen molar-refractivity contribution >= 4 is 43.6 Å². The average molecular weight is 647 g/mol. The molecule has 236 valence electrons. The molecule has 2 aliphatic carbocycles. The lowest BCUT2D eigenvalue weighted by atomic mass is 9.70.